The van der Waals surface area contributed by atoms with Gasteiger partial charge in [0, 0.05) is 64.5 Å². The predicted molar refractivity (Wildman–Crippen MR) is 371 cm³/mol. The minimum Gasteiger partial charge on any atom is -0.370 e. The van der Waals surface area contributed by atoms with Gasteiger partial charge in [-0.2, -0.15) is 0 Å². The fourth-order valence-corrected chi connectivity index (χ4v) is 10.7. The van der Waals surface area contributed by atoms with E-state index in [1.54, 1.807) is 0 Å². The Kier molecular flexibility index (Phi) is 39.0. The lowest BCUT2D eigenvalue weighted by Gasteiger charge is -2.25. The van der Waals surface area contributed by atoms with Crippen LogP contribution in [0.1, 0.15) is 151 Å². The Hall–Kier alpha value is -8.72. The van der Waals surface area contributed by atoms with Gasteiger partial charge in [-0.1, -0.05) is 185 Å². The number of benzene rings is 4. The highest BCUT2D eigenvalue weighted by atomic mass is 35.5. The van der Waals surface area contributed by atoms with Gasteiger partial charge < -0.3 is 54.0 Å². The van der Waals surface area contributed by atoms with E-state index in [-0.39, 0.29) is 98.4 Å². The lowest BCUT2D eigenvalue weighted by atomic mass is 10.0. The van der Waals surface area contributed by atoms with E-state index in [0.29, 0.717) is 38.8 Å². The fraction of sp³-hybridized carbons (Fsp3) is 0.472. The third-order valence-corrected chi connectivity index (χ3v) is 16.0. The van der Waals surface area contributed by atoms with Crippen molar-refractivity contribution in [1.82, 2.24) is 42.5 Å². The molecule has 6 unspecified atom stereocenters. The summed E-state index contributed by atoms with van der Waals surface area (Å²) in [7, 11) is 0. The molecule has 22 heteroatoms. The highest BCUT2D eigenvalue weighted by Crippen LogP contribution is 2.15. The summed E-state index contributed by atoms with van der Waals surface area (Å²) in [6.07, 6.45) is 14.7. The molecule has 94 heavy (non-hydrogen) atoms. The Morgan fingerprint density at radius 2 is 0.628 bits per heavy atom. The van der Waals surface area contributed by atoms with Crippen molar-refractivity contribution in [1.29, 1.82) is 10.8 Å². The molecule has 506 valence electrons. The van der Waals surface area contributed by atoms with Gasteiger partial charge in [0.05, 0.1) is 23.8 Å². The number of unbranched alkanes of at least 4 members (excludes halogenated alkanes) is 12. The van der Waals surface area contributed by atoms with Crippen LogP contribution >= 0.6 is 23.2 Å². The molecule has 4 aromatic carbocycles. The van der Waals surface area contributed by atoms with Gasteiger partial charge in [-0.25, -0.2) is 0 Å². The third-order valence-electron chi connectivity index (χ3n) is 15.5. The third kappa shape index (κ3) is 34.3. The first-order valence-corrected chi connectivity index (χ1v) is 33.9. The molecule has 0 saturated heterocycles. The molecule has 4 aromatic rings. The number of amides is 6. The van der Waals surface area contributed by atoms with Gasteiger partial charge in [-0.3, -0.25) is 49.2 Å². The van der Waals surface area contributed by atoms with Crippen LogP contribution in [-0.4, -0.2) is 120 Å². The van der Waals surface area contributed by atoms with Crippen molar-refractivity contribution < 1.29 is 38.4 Å². The van der Waals surface area contributed by atoms with Gasteiger partial charge >= 0.3 is 0 Å². The minimum atomic E-state index is -1.08. The van der Waals surface area contributed by atoms with E-state index in [9.17, 15) is 38.4 Å². The number of hydrogen-bond donors (Lipinski definition) is 12. The molecule has 14 N–H and O–H groups in total. The standard InChI is InChI=1S/C72H96Cl2N12O8/c73-51-63(87)57(41-31-45-79-71(75)76)83-69(93)61(49-55-37-25-19-26-38-55)85-67(91)59(47-53-33-21-17-22-34-53)81-65(89)43-29-15-13-11-9-7-5-3-1-2-4-6-8-10-12-14-16-30-44-66(90)82-60(48-54-35-23-18-24-36-54)68(92)86-62(50-56-39-27-20-28-40-56)70(94)84-58(64(88)52-74)42-32-46-80-72(77)78/h17-28,33-40,57-62H,5-16,29-32,41-52H2,(H,81,89)(H,82,90)(H,83,93)(H,84,94)(H,85,91)(H,86,92)(H4,75,76,79)(H4,77,78,80). The lowest BCUT2D eigenvalue weighted by Crippen LogP contribution is -2.57. The minimum absolute atomic E-state index is 0.132. The summed E-state index contributed by atoms with van der Waals surface area (Å²) in [5, 5.41) is 37.3. The van der Waals surface area contributed by atoms with Crippen LogP contribution in [0.5, 0.6) is 0 Å². The topological polar surface area (TPSA) is 333 Å². The van der Waals surface area contributed by atoms with Gasteiger partial charge in [-0.05, 0) is 85.5 Å². The summed E-state index contributed by atoms with van der Waals surface area (Å²) < 4.78 is 0. The average Bonchev–Trinajstić information content (AvgIpc) is 1.07. The van der Waals surface area contributed by atoms with Crippen LogP contribution in [-0.2, 0) is 64.0 Å². The van der Waals surface area contributed by atoms with Gasteiger partial charge in [0.15, 0.2) is 23.5 Å². The Labute approximate surface area is 564 Å². The van der Waals surface area contributed by atoms with E-state index in [1.807, 2.05) is 121 Å². The van der Waals surface area contributed by atoms with Crippen molar-refractivity contribution >= 4 is 82.1 Å². The zero-order chi connectivity index (χ0) is 68.0. The predicted octanol–water partition coefficient (Wildman–Crippen LogP) is 7.26. The molecule has 0 heterocycles. The van der Waals surface area contributed by atoms with Crippen molar-refractivity contribution in [3.05, 3.63) is 144 Å². The highest BCUT2D eigenvalue weighted by Gasteiger charge is 2.32. The van der Waals surface area contributed by atoms with Gasteiger partial charge in [-0.15, -0.1) is 23.2 Å². The zero-order valence-electron chi connectivity index (χ0n) is 54.0. The maximum absolute atomic E-state index is 14.1. The molecule has 0 saturated carbocycles. The molecule has 0 spiro atoms. The van der Waals surface area contributed by atoms with E-state index < -0.39 is 59.9 Å². The summed E-state index contributed by atoms with van der Waals surface area (Å²) >= 11 is 11.8. The Balaban J connectivity index is 1.13. The molecule has 20 nitrogen and oxygen atoms in total. The van der Waals surface area contributed by atoms with Crippen LogP contribution in [0.4, 0.5) is 0 Å². The van der Waals surface area contributed by atoms with Crippen molar-refractivity contribution in [3.8, 4) is 23.7 Å². The first kappa shape index (κ1) is 77.7. The molecule has 6 amide bonds. The monoisotopic (exact) mass is 1330 g/mol. The number of carbonyl (C=O) groups is 8. The van der Waals surface area contributed by atoms with Crippen LogP contribution in [0.25, 0.3) is 0 Å². The highest BCUT2D eigenvalue weighted by molar-refractivity contribution is 6.29. The molecular weight excluding hydrogens is 1230 g/mol. The molecular formula is C72H96Cl2N12O8. The van der Waals surface area contributed by atoms with Crippen molar-refractivity contribution in [2.45, 2.75) is 190 Å². The molecule has 0 aliphatic carbocycles. The number of guanidine groups is 2. The van der Waals surface area contributed by atoms with Gasteiger partial charge in [0.1, 0.15) is 24.2 Å². The number of nitrogens with two attached hydrogens (primary N) is 2. The SMILES string of the molecule is N=C(N)NCCCC(NC(=O)C(Cc1ccccc1)NC(=O)C(Cc1ccccc1)NC(=O)CCCCCCCCC#CC#CCCCCCCCCC(=O)NC(Cc1ccccc1)C(=O)NC(Cc1ccccc1)C(=O)NC(CCCNC(=N)N)C(=O)CCl)C(=O)CCl. The zero-order valence-corrected chi connectivity index (χ0v) is 55.5. The van der Waals surface area contributed by atoms with E-state index >= 15 is 0 Å². The van der Waals surface area contributed by atoms with Crippen LogP contribution in [0, 0.1) is 34.5 Å². The van der Waals surface area contributed by atoms with Crippen molar-refractivity contribution in [2.75, 3.05) is 24.8 Å². The molecule has 0 aliphatic rings. The number of carbonyl (C=O) groups excluding carboxylic acids is 8. The first-order valence-electron chi connectivity index (χ1n) is 32.8. The summed E-state index contributed by atoms with van der Waals surface area (Å²) in [5.41, 5.74) is 14.0. The second-order valence-electron chi connectivity index (χ2n) is 23.3. The van der Waals surface area contributed by atoms with E-state index in [4.69, 9.17) is 45.5 Å². The van der Waals surface area contributed by atoms with Gasteiger partial charge in [0.25, 0.3) is 0 Å². The number of ketones is 2. The first-order chi connectivity index (χ1) is 45.5. The number of alkyl halides is 2. The molecule has 0 fully saturated rings. The largest absolute Gasteiger partial charge is 0.370 e. The van der Waals surface area contributed by atoms with E-state index in [0.717, 1.165) is 99.3 Å². The molecule has 0 radical (unpaired) electrons. The number of hydrogen-bond acceptors (Lipinski definition) is 10. The average molecular weight is 1330 g/mol. The fourth-order valence-electron chi connectivity index (χ4n) is 10.4. The Morgan fingerprint density at radius 3 is 0.915 bits per heavy atom. The number of rotatable bonds is 46. The molecule has 4 rings (SSSR count). The molecule has 0 aliphatic heterocycles. The second kappa shape index (κ2) is 47.2. The maximum Gasteiger partial charge on any atom is 0.243 e. The van der Waals surface area contributed by atoms with Crippen LogP contribution < -0.4 is 54.0 Å². The van der Waals surface area contributed by atoms with Crippen molar-refractivity contribution in [3.63, 3.8) is 0 Å². The maximum atomic E-state index is 14.1. The summed E-state index contributed by atoms with van der Waals surface area (Å²) in [4.78, 5) is 108. The van der Waals surface area contributed by atoms with Crippen molar-refractivity contribution in [2.24, 2.45) is 11.5 Å². The normalized spacial score (nSPS) is 12.6. The summed E-state index contributed by atoms with van der Waals surface area (Å²) in [6, 6.07) is 31.0. The quantitative estimate of drug-likeness (QED) is 0.00684. The summed E-state index contributed by atoms with van der Waals surface area (Å²) in [5.74, 6) is 7.68. The van der Waals surface area contributed by atoms with Crippen LogP contribution in [0.2, 0.25) is 0 Å². The number of Topliss-reactive ketones (excluding diaryl/α,β-unsaturated/α-hetero) is 2. The summed E-state index contributed by atoms with van der Waals surface area (Å²) in [6.45, 7) is 0.632. The van der Waals surface area contributed by atoms with Crippen LogP contribution in [0.15, 0.2) is 121 Å². The second-order valence-corrected chi connectivity index (χ2v) is 23.8. The molecule has 0 aromatic heterocycles. The van der Waals surface area contributed by atoms with E-state index in [2.05, 4.69) is 66.2 Å². The lowest BCUT2D eigenvalue weighted by molar-refractivity contribution is -0.133. The Bertz CT molecular complexity index is 2900. The molecule has 6 atom stereocenters. The Morgan fingerprint density at radius 1 is 0.362 bits per heavy atom. The van der Waals surface area contributed by atoms with E-state index in [1.165, 1.54) is 0 Å². The molecule has 0 bridgehead atoms. The smallest absolute Gasteiger partial charge is 0.243 e. The van der Waals surface area contributed by atoms with Crippen LogP contribution in [0.3, 0.4) is 0 Å². The van der Waals surface area contributed by atoms with Gasteiger partial charge in [0.2, 0.25) is 35.4 Å². The number of halogens is 2. The number of nitrogens with one attached hydrogen (secondary N) is 10.